The maximum absolute atomic E-state index is 15.3. The molecule has 1 aliphatic heterocycles. The van der Waals surface area contributed by atoms with Gasteiger partial charge in [0.15, 0.2) is 5.65 Å². The van der Waals surface area contributed by atoms with Crippen LogP contribution in [0.3, 0.4) is 0 Å². The van der Waals surface area contributed by atoms with Gasteiger partial charge in [-0.2, -0.15) is 0 Å². The summed E-state index contributed by atoms with van der Waals surface area (Å²) in [5.41, 5.74) is 0.777. The average Bonchev–Trinajstić information content (AvgIpc) is 3.19. The summed E-state index contributed by atoms with van der Waals surface area (Å²) in [4.78, 5) is 21.8. The molecule has 1 aromatic carbocycles. The number of carbonyl (C=O) groups excluding carboxylic acids is 1. The van der Waals surface area contributed by atoms with Crippen LogP contribution in [0.2, 0.25) is 0 Å². The van der Waals surface area contributed by atoms with Crippen molar-refractivity contribution in [3.63, 3.8) is 0 Å². The van der Waals surface area contributed by atoms with E-state index in [1.54, 1.807) is 18.2 Å². The summed E-state index contributed by atoms with van der Waals surface area (Å²) in [6, 6.07) is 7.75. The second-order valence-electron chi connectivity index (χ2n) is 7.17. The summed E-state index contributed by atoms with van der Waals surface area (Å²) in [5.74, 6) is 0.318. The first-order valence-corrected chi connectivity index (χ1v) is 9.62. The van der Waals surface area contributed by atoms with Crippen molar-refractivity contribution < 1.29 is 13.6 Å². The van der Waals surface area contributed by atoms with E-state index in [-0.39, 0.29) is 28.9 Å². The third-order valence-electron chi connectivity index (χ3n) is 5.32. The second kappa shape index (κ2) is 7.32. The van der Waals surface area contributed by atoms with Crippen LogP contribution in [0.1, 0.15) is 17.2 Å². The number of halogens is 2. The molecule has 1 aliphatic rings. The Labute approximate surface area is 175 Å². The van der Waals surface area contributed by atoms with Gasteiger partial charge in [0.2, 0.25) is 5.91 Å². The summed E-state index contributed by atoms with van der Waals surface area (Å²) in [5, 5.41) is 7.50. The lowest BCUT2D eigenvalue weighted by Gasteiger charge is -2.27. The first-order valence-electron chi connectivity index (χ1n) is 9.62. The summed E-state index contributed by atoms with van der Waals surface area (Å²) in [6.07, 6.45) is 8.67. The number of nitrogens with zero attached hydrogens (tertiary/aromatic N) is 5. The Balaban J connectivity index is 1.64. The Hall–Kier alpha value is -4.06. The van der Waals surface area contributed by atoms with Crippen LogP contribution in [0, 0.1) is 24.0 Å². The fourth-order valence-electron chi connectivity index (χ4n) is 3.83. The maximum Gasteiger partial charge on any atom is 0.239 e. The van der Waals surface area contributed by atoms with Gasteiger partial charge < -0.3 is 10.2 Å². The normalized spacial score (nSPS) is 15.1. The highest BCUT2D eigenvalue weighted by Gasteiger charge is 2.27. The van der Waals surface area contributed by atoms with Gasteiger partial charge in [0.25, 0.3) is 0 Å². The monoisotopic (exact) mass is 418 g/mol. The van der Waals surface area contributed by atoms with Gasteiger partial charge >= 0.3 is 0 Å². The Kier molecular flexibility index (Phi) is 4.47. The van der Waals surface area contributed by atoms with E-state index in [9.17, 15) is 9.18 Å². The zero-order valence-corrected chi connectivity index (χ0v) is 16.2. The fourth-order valence-corrected chi connectivity index (χ4v) is 3.83. The second-order valence-corrected chi connectivity index (χ2v) is 7.17. The number of fused-ring (bicyclic) bond motifs is 2. The van der Waals surface area contributed by atoms with Crippen molar-refractivity contribution in [1.29, 1.82) is 0 Å². The standard InChI is InChI=1S/C22H16F2N6O/c1-2-13(21-15(23)10-16-14(22(21)24)4-3-7-25-16)17-11-27-18-5-6-19(28-30(17)18)29-9-8-26-20(31)12-29/h1,3-7,10-11,13H,8-9,12H2,(H,26,31)/t13-/m1/s1. The number of imidazole rings is 1. The summed E-state index contributed by atoms with van der Waals surface area (Å²) < 4.78 is 31.7. The van der Waals surface area contributed by atoms with E-state index in [1.807, 2.05) is 4.90 Å². The minimum absolute atomic E-state index is 0.102. The number of rotatable bonds is 3. The van der Waals surface area contributed by atoms with Gasteiger partial charge in [-0.1, -0.05) is 5.92 Å². The molecular formula is C22H16F2N6O. The number of amides is 1. The summed E-state index contributed by atoms with van der Waals surface area (Å²) in [7, 11) is 0. The van der Waals surface area contributed by atoms with Crippen molar-refractivity contribution in [1.82, 2.24) is 24.9 Å². The molecule has 0 spiro atoms. The van der Waals surface area contributed by atoms with Gasteiger partial charge in [0, 0.05) is 36.3 Å². The van der Waals surface area contributed by atoms with Gasteiger partial charge in [-0.15, -0.1) is 11.5 Å². The van der Waals surface area contributed by atoms with Crippen molar-refractivity contribution in [3.05, 3.63) is 65.6 Å². The molecule has 3 aromatic heterocycles. The number of anilines is 1. The van der Waals surface area contributed by atoms with Gasteiger partial charge in [0.1, 0.15) is 17.5 Å². The van der Waals surface area contributed by atoms with Gasteiger partial charge in [-0.05, 0) is 24.3 Å². The number of hydrogen-bond donors (Lipinski definition) is 1. The molecule has 1 saturated heterocycles. The molecule has 1 N–H and O–H groups in total. The lowest BCUT2D eigenvalue weighted by molar-refractivity contribution is -0.120. The fraction of sp³-hybridized carbons (Fsp3) is 0.182. The molecule has 4 heterocycles. The molecule has 0 saturated carbocycles. The number of benzene rings is 1. The molecule has 1 fully saturated rings. The average molecular weight is 418 g/mol. The molecule has 0 unspecified atom stereocenters. The number of terminal acetylenes is 1. The smallest absolute Gasteiger partial charge is 0.239 e. The van der Waals surface area contributed by atoms with Crippen LogP contribution in [0.15, 0.2) is 42.7 Å². The third kappa shape index (κ3) is 3.13. The van der Waals surface area contributed by atoms with Crippen molar-refractivity contribution in [2.24, 2.45) is 0 Å². The van der Waals surface area contributed by atoms with Crippen LogP contribution in [-0.4, -0.2) is 45.1 Å². The first-order chi connectivity index (χ1) is 15.1. The Morgan fingerprint density at radius 1 is 1.23 bits per heavy atom. The van der Waals surface area contributed by atoms with Crippen LogP contribution >= 0.6 is 0 Å². The maximum atomic E-state index is 15.3. The number of pyridine rings is 1. The molecule has 0 aliphatic carbocycles. The lowest BCUT2D eigenvalue weighted by Crippen LogP contribution is -2.48. The van der Waals surface area contributed by atoms with Crippen LogP contribution in [0.5, 0.6) is 0 Å². The van der Waals surface area contributed by atoms with E-state index in [0.29, 0.717) is 30.2 Å². The number of nitrogens with one attached hydrogen (secondary N) is 1. The van der Waals surface area contributed by atoms with Crippen molar-refractivity contribution in [2.45, 2.75) is 5.92 Å². The molecule has 7 nitrogen and oxygen atoms in total. The highest BCUT2D eigenvalue weighted by molar-refractivity contribution is 5.82. The Bertz CT molecular complexity index is 1380. The highest BCUT2D eigenvalue weighted by Crippen LogP contribution is 2.33. The molecule has 0 bridgehead atoms. The van der Waals surface area contributed by atoms with Crippen molar-refractivity contribution >= 4 is 28.3 Å². The minimum Gasteiger partial charge on any atom is -0.353 e. The number of hydrogen-bond acceptors (Lipinski definition) is 5. The zero-order chi connectivity index (χ0) is 21.5. The van der Waals surface area contributed by atoms with Crippen LogP contribution in [-0.2, 0) is 4.79 Å². The Morgan fingerprint density at radius 2 is 2.10 bits per heavy atom. The quantitative estimate of drug-likeness (QED) is 0.517. The molecular weight excluding hydrogens is 402 g/mol. The zero-order valence-electron chi connectivity index (χ0n) is 16.2. The summed E-state index contributed by atoms with van der Waals surface area (Å²) in [6.45, 7) is 1.26. The first kappa shape index (κ1) is 18.9. The van der Waals surface area contributed by atoms with Gasteiger partial charge in [0.05, 0.1) is 29.9 Å². The SMILES string of the molecule is C#C[C@@H](c1c(F)cc2ncccc2c1F)c1cnc2ccc(N3CCNC(=O)C3)nn12. The van der Waals surface area contributed by atoms with E-state index in [2.05, 4.69) is 26.3 Å². The van der Waals surface area contributed by atoms with Gasteiger partial charge in [-0.3, -0.25) is 9.78 Å². The number of aromatic nitrogens is 4. The van der Waals surface area contributed by atoms with Crippen molar-refractivity contribution in [2.75, 3.05) is 24.5 Å². The van der Waals surface area contributed by atoms with Crippen molar-refractivity contribution in [3.8, 4) is 12.3 Å². The molecule has 1 amide bonds. The topological polar surface area (TPSA) is 75.4 Å². The number of piperazine rings is 1. The van der Waals surface area contributed by atoms with Crippen LogP contribution < -0.4 is 10.2 Å². The van der Waals surface area contributed by atoms with E-state index in [0.717, 1.165) is 0 Å². The molecule has 1 atom stereocenters. The number of carbonyl (C=O) groups is 1. The molecule has 0 radical (unpaired) electrons. The van der Waals surface area contributed by atoms with E-state index >= 15 is 4.39 Å². The Morgan fingerprint density at radius 3 is 2.90 bits per heavy atom. The lowest BCUT2D eigenvalue weighted by atomic mass is 9.94. The third-order valence-corrected chi connectivity index (χ3v) is 5.32. The molecule has 5 rings (SSSR count). The predicted molar refractivity (Wildman–Crippen MR) is 111 cm³/mol. The van der Waals surface area contributed by atoms with Crippen LogP contribution in [0.4, 0.5) is 14.6 Å². The summed E-state index contributed by atoms with van der Waals surface area (Å²) >= 11 is 0. The predicted octanol–water partition coefficient (Wildman–Crippen LogP) is 2.26. The van der Waals surface area contributed by atoms with E-state index < -0.39 is 17.6 Å². The molecule has 4 aromatic rings. The molecule has 154 valence electrons. The molecule has 31 heavy (non-hydrogen) atoms. The van der Waals surface area contributed by atoms with E-state index in [1.165, 1.54) is 29.0 Å². The van der Waals surface area contributed by atoms with E-state index in [4.69, 9.17) is 6.42 Å². The minimum atomic E-state index is -1.06. The highest BCUT2D eigenvalue weighted by atomic mass is 19.1. The molecule has 9 heteroatoms. The van der Waals surface area contributed by atoms with Gasteiger partial charge in [-0.25, -0.2) is 18.3 Å². The van der Waals surface area contributed by atoms with Crippen LogP contribution in [0.25, 0.3) is 16.6 Å². The largest absolute Gasteiger partial charge is 0.353 e.